The molecule has 0 aromatic heterocycles. The predicted octanol–water partition coefficient (Wildman–Crippen LogP) is 1.88. The Hall–Kier alpha value is -1.06. The summed E-state index contributed by atoms with van der Waals surface area (Å²) in [5, 5.41) is 2.58. The van der Waals surface area contributed by atoms with Crippen molar-refractivity contribution in [2.45, 2.75) is 53.6 Å². The fourth-order valence-electron chi connectivity index (χ4n) is 0.841. The van der Waals surface area contributed by atoms with Crippen LogP contribution >= 0.6 is 0 Å². The molecule has 0 heterocycles. The molecule has 0 saturated carbocycles. The summed E-state index contributed by atoms with van der Waals surface area (Å²) in [6, 6.07) is 0. The molecule has 0 spiro atoms. The maximum atomic E-state index is 11.4. The zero-order chi connectivity index (χ0) is 13.0. The van der Waals surface area contributed by atoms with Gasteiger partial charge in [0.15, 0.2) is 0 Å². The molecule has 1 N–H and O–H groups in total. The summed E-state index contributed by atoms with van der Waals surface area (Å²) in [6.07, 6.45) is 0.932. The molecule has 4 heteroatoms. The minimum Gasteiger partial charge on any atom is -0.453 e. The van der Waals surface area contributed by atoms with Crippen molar-refractivity contribution >= 4 is 11.9 Å². The van der Waals surface area contributed by atoms with Crippen molar-refractivity contribution in [3.63, 3.8) is 0 Å². The molecular formula is C12H23NO3. The van der Waals surface area contributed by atoms with Gasteiger partial charge in [-0.3, -0.25) is 4.79 Å². The molecule has 0 aromatic rings. The normalized spacial score (nSPS) is 12.1. The van der Waals surface area contributed by atoms with E-state index in [0.717, 1.165) is 6.42 Å². The maximum Gasteiger partial charge on any atom is 0.397 e. The molecule has 0 fully saturated rings. The lowest BCUT2D eigenvalue weighted by atomic mass is 9.90. The summed E-state index contributed by atoms with van der Waals surface area (Å²) in [5.41, 5.74) is -0.633. The highest BCUT2D eigenvalue weighted by Crippen LogP contribution is 2.17. The van der Waals surface area contributed by atoms with Crippen LogP contribution in [-0.2, 0) is 14.3 Å². The van der Waals surface area contributed by atoms with E-state index >= 15 is 0 Å². The lowest BCUT2D eigenvalue weighted by molar-refractivity contribution is -0.163. The highest BCUT2D eigenvalue weighted by Gasteiger charge is 2.24. The maximum absolute atomic E-state index is 11.4. The first kappa shape index (κ1) is 14.9. The van der Waals surface area contributed by atoms with Crippen molar-refractivity contribution in [3.05, 3.63) is 0 Å². The fourth-order valence-corrected chi connectivity index (χ4v) is 0.841. The molecule has 4 nitrogen and oxygen atoms in total. The van der Waals surface area contributed by atoms with Gasteiger partial charge in [-0.1, -0.05) is 20.8 Å². The Kier molecular flexibility index (Phi) is 4.97. The topological polar surface area (TPSA) is 55.4 Å². The summed E-state index contributed by atoms with van der Waals surface area (Å²) in [5.74, 6) is -1.49. The van der Waals surface area contributed by atoms with Gasteiger partial charge in [0, 0.05) is 6.54 Å². The number of hydrogen-bond acceptors (Lipinski definition) is 3. The van der Waals surface area contributed by atoms with Gasteiger partial charge in [0.1, 0.15) is 5.60 Å². The number of carbonyl (C=O) groups excluding carboxylic acids is 2. The molecular weight excluding hydrogens is 206 g/mol. The highest BCUT2D eigenvalue weighted by molar-refractivity contribution is 6.32. The van der Waals surface area contributed by atoms with Crippen LogP contribution in [0.2, 0.25) is 0 Å². The smallest absolute Gasteiger partial charge is 0.397 e. The van der Waals surface area contributed by atoms with E-state index in [1.165, 1.54) is 0 Å². The van der Waals surface area contributed by atoms with Crippen molar-refractivity contribution in [1.82, 2.24) is 5.32 Å². The lowest BCUT2D eigenvalue weighted by Crippen LogP contribution is -2.40. The van der Waals surface area contributed by atoms with Crippen molar-refractivity contribution in [2.24, 2.45) is 5.41 Å². The minimum absolute atomic E-state index is 0.00231. The SMILES string of the molecule is CCC(C)(C)CNC(=O)C(=O)OC(C)(C)C. The van der Waals surface area contributed by atoms with Crippen LogP contribution in [-0.4, -0.2) is 24.0 Å². The number of carbonyl (C=O) groups is 2. The number of amides is 1. The average Bonchev–Trinajstić information content (AvgIpc) is 2.11. The number of ether oxygens (including phenoxy) is 1. The van der Waals surface area contributed by atoms with Gasteiger partial charge in [0.05, 0.1) is 0 Å². The summed E-state index contributed by atoms with van der Waals surface area (Å²) in [7, 11) is 0. The quantitative estimate of drug-likeness (QED) is 0.594. The van der Waals surface area contributed by atoms with Crippen LogP contribution in [0.5, 0.6) is 0 Å². The van der Waals surface area contributed by atoms with Crippen LogP contribution in [0.1, 0.15) is 48.0 Å². The summed E-state index contributed by atoms with van der Waals surface area (Å²) < 4.78 is 4.95. The monoisotopic (exact) mass is 229 g/mol. The van der Waals surface area contributed by atoms with Gasteiger partial charge < -0.3 is 10.1 Å². The van der Waals surface area contributed by atoms with Crippen molar-refractivity contribution in [2.75, 3.05) is 6.54 Å². The van der Waals surface area contributed by atoms with E-state index < -0.39 is 17.5 Å². The average molecular weight is 229 g/mol. The van der Waals surface area contributed by atoms with Crippen LogP contribution in [0.3, 0.4) is 0 Å². The van der Waals surface area contributed by atoms with Gasteiger partial charge in [-0.15, -0.1) is 0 Å². The zero-order valence-electron chi connectivity index (χ0n) is 11.1. The van der Waals surface area contributed by atoms with E-state index in [9.17, 15) is 9.59 Å². The molecule has 0 radical (unpaired) electrons. The number of rotatable bonds is 3. The van der Waals surface area contributed by atoms with E-state index in [2.05, 4.69) is 5.32 Å². The van der Waals surface area contributed by atoms with Gasteiger partial charge in [-0.2, -0.15) is 0 Å². The molecule has 0 aliphatic carbocycles. The molecule has 94 valence electrons. The Morgan fingerprint density at radius 3 is 2.00 bits per heavy atom. The summed E-state index contributed by atoms with van der Waals surface area (Å²) in [6.45, 7) is 11.8. The first-order valence-electron chi connectivity index (χ1n) is 5.58. The Bertz CT molecular complexity index is 264. The summed E-state index contributed by atoms with van der Waals surface area (Å²) in [4.78, 5) is 22.7. The second kappa shape index (κ2) is 5.32. The summed E-state index contributed by atoms with van der Waals surface area (Å²) >= 11 is 0. The van der Waals surface area contributed by atoms with Crippen LogP contribution < -0.4 is 5.32 Å². The molecule has 0 saturated heterocycles. The van der Waals surface area contributed by atoms with Crippen LogP contribution in [0.25, 0.3) is 0 Å². The molecule has 0 bridgehead atoms. The van der Waals surface area contributed by atoms with E-state index in [1.54, 1.807) is 20.8 Å². The van der Waals surface area contributed by atoms with Gasteiger partial charge >= 0.3 is 11.9 Å². The van der Waals surface area contributed by atoms with Gasteiger partial charge in [0.2, 0.25) is 0 Å². The largest absolute Gasteiger partial charge is 0.453 e. The van der Waals surface area contributed by atoms with Crippen LogP contribution in [0, 0.1) is 5.41 Å². The minimum atomic E-state index is -0.820. The molecule has 0 atom stereocenters. The van der Waals surface area contributed by atoms with Crippen molar-refractivity contribution in [3.8, 4) is 0 Å². The Balaban J connectivity index is 4.13. The fraction of sp³-hybridized carbons (Fsp3) is 0.833. The van der Waals surface area contributed by atoms with Gasteiger partial charge in [-0.05, 0) is 32.6 Å². The second-order valence-corrected chi connectivity index (χ2v) is 5.70. The third-order valence-corrected chi connectivity index (χ3v) is 2.27. The van der Waals surface area contributed by atoms with Gasteiger partial charge in [-0.25, -0.2) is 4.79 Å². The molecule has 0 aliphatic rings. The van der Waals surface area contributed by atoms with E-state index in [4.69, 9.17) is 4.74 Å². The predicted molar refractivity (Wildman–Crippen MR) is 62.9 cm³/mol. The van der Waals surface area contributed by atoms with Crippen molar-refractivity contribution in [1.29, 1.82) is 0 Å². The third-order valence-electron chi connectivity index (χ3n) is 2.27. The first-order valence-corrected chi connectivity index (χ1v) is 5.58. The first-order chi connectivity index (χ1) is 7.07. The zero-order valence-corrected chi connectivity index (χ0v) is 11.1. The Morgan fingerprint density at radius 2 is 1.62 bits per heavy atom. The number of esters is 1. The number of hydrogen-bond donors (Lipinski definition) is 1. The lowest BCUT2D eigenvalue weighted by Gasteiger charge is -2.23. The molecule has 1 amide bonds. The Labute approximate surface area is 97.7 Å². The van der Waals surface area contributed by atoms with E-state index in [-0.39, 0.29) is 5.41 Å². The Morgan fingerprint density at radius 1 is 1.12 bits per heavy atom. The number of nitrogens with one attached hydrogen (secondary N) is 1. The van der Waals surface area contributed by atoms with Gasteiger partial charge in [0.25, 0.3) is 0 Å². The molecule has 0 rings (SSSR count). The van der Waals surface area contributed by atoms with E-state index in [1.807, 2.05) is 20.8 Å². The second-order valence-electron chi connectivity index (χ2n) is 5.70. The van der Waals surface area contributed by atoms with Crippen molar-refractivity contribution < 1.29 is 14.3 Å². The third kappa shape index (κ3) is 6.43. The molecule has 0 aromatic carbocycles. The standard InChI is InChI=1S/C12H23NO3/c1-7-12(5,6)8-13-9(14)10(15)16-11(2,3)4/h7-8H2,1-6H3,(H,13,14). The van der Waals surface area contributed by atoms with Crippen LogP contribution in [0.15, 0.2) is 0 Å². The van der Waals surface area contributed by atoms with E-state index in [0.29, 0.717) is 6.54 Å². The highest BCUT2D eigenvalue weighted by atomic mass is 16.6. The van der Waals surface area contributed by atoms with Crippen LogP contribution in [0.4, 0.5) is 0 Å². The molecule has 0 unspecified atom stereocenters. The molecule has 0 aliphatic heterocycles. The molecule has 16 heavy (non-hydrogen) atoms.